The number of anilines is 3. The van der Waals surface area contributed by atoms with Crippen molar-refractivity contribution in [1.29, 1.82) is 0 Å². The molecule has 1 aromatic carbocycles. The van der Waals surface area contributed by atoms with Crippen molar-refractivity contribution in [2.24, 2.45) is 5.10 Å². The largest absolute Gasteiger partial charge is 0.434 e. The van der Waals surface area contributed by atoms with E-state index >= 15 is 0 Å². The number of amides is 2. The van der Waals surface area contributed by atoms with Crippen LogP contribution in [0.25, 0.3) is 16.6 Å². The van der Waals surface area contributed by atoms with Gasteiger partial charge >= 0.3 is 12.4 Å². The number of halogens is 6. The van der Waals surface area contributed by atoms with Gasteiger partial charge in [0, 0.05) is 6.21 Å². The molecule has 0 saturated carbocycles. The molecule has 3 aromatic heterocycles. The number of nitrogens with zero attached hydrogens (tertiary/aromatic N) is 7. The fourth-order valence-corrected chi connectivity index (χ4v) is 4.28. The summed E-state index contributed by atoms with van der Waals surface area (Å²) in [6.45, 7) is 0.153. The number of hydrazone groups is 1. The van der Waals surface area contributed by atoms with Gasteiger partial charge in [-0.3, -0.25) is 9.59 Å². The summed E-state index contributed by atoms with van der Waals surface area (Å²) < 4.78 is 84.4. The number of benzene rings is 1. The van der Waals surface area contributed by atoms with Crippen molar-refractivity contribution in [2.75, 3.05) is 22.3 Å². The molecule has 0 spiro atoms. The first-order valence-corrected chi connectivity index (χ1v) is 11.1. The molecule has 2 aliphatic heterocycles. The fourth-order valence-electron chi connectivity index (χ4n) is 4.28. The lowest BCUT2D eigenvalue weighted by atomic mass is 10.1. The Kier molecular flexibility index (Phi) is 5.47. The topological polar surface area (TPSA) is 142 Å². The number of nitrogens with one attached hydrogen (secondary N) is 3. The molecule has 0 bridgehead atoms. The quantitative estimate of drug-likeness (QED) is 0.322. The van der Waals surface area contributed by atoms with Crippen molar-refractivity contribution in [3.63, 3.8) is 0 Å². The molecule has 0 saturated heterocycles. The van der Waals surface area contributed by atoms with E-state index in [1.54, 1.807) is 0 Å². The molecule has 2 aliphatic rings. The van der Waals surface area contributed by atoms with Gasteiger partial charge in [0.1, 0.15) is 23.1 Å². The van der Waals surface area contributed by atoms with Crippen LogP contribution in [-0.4, -0.2) is 49.3 Å². The molecule has 0 fully saturated rings. The molecule has 12 nitrogen and oxygen atoms in total. The maximum atomic E-state index is 14.3. The van der Waals surface area contributed by atoms with E-state index in [0.717, 1.165) is 17.6 Å². The van der Waals surface area contributed by atoms with Crippen LogP contribution in [0, 0.1) is 0 Å². The summed E-state index contributed by atoms with van der Waals surface area (Å²) in [5.74, 6) is -2.58. The molecule has 6 rings (SSSR count). The zero-order valence-corrected chi connectivity index (χ0v) is 19.5. The highest BCUT2D eigenvalue weighted by molar-refractivity contribution is 6.23. The smallest absolute Gasteiger partial charge is 0.320 e. The summed E-state index contributed by atoms with van der Waals surface area (Å²) in [5, 5.41) is 12.9. The molecule has 2 amide bonds. The lowest BCUT2D eigenvalue weighted by Gasteiger charge is -2.19. The molecule has 0 atom stereocenters. The van der Waals surface area contributed by atoms with Gasteiger partial charge in [0.25, 0.3) is 11.8 Å². The van der Waals surface area contributed by atoms with Crippen molar-refractivity contribution in [1.82, 2.24) is 30.2 Å². The van der Waals surface area contributed by atoms with Crippen LogP contribution in [0.1, 0.15) is 32.1 Å². The van der Waals surface area contributed by atoms with Gasteiger partial charge in [-0.05, 0) is 18.2 Å². The fraction of sp³-hybridized carbons (Fsp3) is 0.136. The molecular weight excluding hydrogens is 550 g/mol. The van der Waals surface area contributed by atoms with Gasteiger partial charge in [-0.25, -0.2) is 25.1 Å². The average molecular weight is 562 g/mol. The van der Waals surface area contributed by atoms with E-state index < -0.39 is 52.5 Å². The van der Waals surface area contributed by atoms with E-state index in [1.165, 1.54) is 18.3 Å². The Morgan fingerprint density at radius 1 is 1.02 bits per heavy atom. The minimum Gasteiger partial charge on any atom is -0.320 e. The zero-order chi connectivity index (χ0) is 28.4. The van der Waals surface area contributed by atoms with Crippen LogP contribution < -0.4 is 21.2 Å². The number of pyridine rings is 1. The maximum absolute atomic E-state index is 14.3. The number of rotatable bonds is 4. The van der Waals surface area contributed by atoms with E-state index in [4.69, 9.17) is 0 Å². The molecule has 3 N–H and O–H groups in total. The van der Waals surface area contributed by atoms with Gasteiger partial charge in [0.2, 0.25) is 0 Å². The first kappa shape index (κ1) is 25.2. The second-order valence-electron chi connectivity index (χ2n) is 8.37. The minimum atomic E-state index is -5.14. The Morgan fingerprint density at radius 2 is 1.82 bits per heavy atom. The Hall–Kier alpha value is -5.13. The van der Waals surface area contributed by atoms with Gasteiger partial charge in [-0.1, -0.05) is 0 Å². The highest BCUT2D eigenvalue weighted by atomic mass is 19.4. The van der Waals surface area contributed by atoms with Gasteiger partial charge in [0.05, 0.1) is 47.0 Å². The Labute approximate surface area is 217 Å². The van der Waals surface area contributed by atoms with Gasteiger partial charge in [-0.2, -0.15) is 41.7 Å². The Morgan fingerprint density at radius 3 is 2.52 bits per heavy atom. The van der Waals surface area contributed by atoms with E-state index in [0.29, 0.717) is 16.9 Å². The second-order valence-corrected chi connectivity index (χ2v) is 8.37. The first-order valence-electron chi connectivity index (χ1n) is 11.1. The summed E-state index contributed by atoms with van der Waals surface area (Å²) in [5.41, 5.74) is -1.81. The standard InChI is InChI=1S/C22H12F6N10O2/c23-21(24,25)11-5-9(6-29-18(11)38-32-3-4-33-38)35-19(39)10-7-34-37(17(10)22(26,27)28)13-2-1-12-14-15(13)30-8-31-16(14)20(40)36-12/h1-3,5-8,33H,4H2,(H,35,39)(H,36,40). The van der Waals surface area contributed by atoms with Gasteiger partial charge < -0.3 is 10.6 Å². The Balaban J connectivity index is 1.41. The summed E-state index contributed by atoms with van der Waals surface area (Å²) in [6.07, 6.45) is -6.30. The van der Waals surface area contributed by atoms with Crippen LogP contribution in [0.15, 0.2) is 42.0 Å². The molecule has 18 heteroatoms. The van der Waals surface area contributed by atoms with Gasteiger partial charge in [-0.15, -0.1) is 0 Å². The second kappa shape index (κ2) is 8.70. The molecule has 40 heavy (non-hydrogen) atoms. The average Bonchev–Trinajstić information content (AvgIpc) is 3.64. The highest BCUT2D eigenvalue weighted by Crippen LogP contribution is 2.39. The van der Waals surface area contributed by atoms with E-state index in [2.05, 4.69) is 35.9 Å². The lowest BCUT2D eigenvalue weighted by molar-refractivity contribution is -0.143. The van der Waals surface area contributed by atoms with E-state index in [1.807, 2.05) is 5.32 Å². The number of hydrogen-bond donors (Lipinski definition) is 3. The third kappa shape index (κ3) is 4.04. The van der Waals surface area contributed by atoms with Crippen LogP contribution in [0.2, 0.25) is 0 Å². The van der Waals surface area contributed by atoms with Crippen molar-refractivity contribution < 1.29 is 35.9 Å². The normalized spacial score (nSPS) is 14.8. The number of alkyl halides is 6. The van der Waals surface area contributed by atoms with Crippen molar-refractivity contribution in [2.45, 2.75) is 12.4 Å². The molecule has 4 aromatic rings. The lowest BCUT2D eigenvalue weighted by Crippen LogP contribution is -2.31. The third-order valence-corrected chi connectivity index (χ3v) is 5.90. The summed E-state index contributed by atoms with van der Waals surface area (Å²) in [4.78, 5) is 36.6. The van der Waals surface area contributed by atoms with Crippen LogP contribution in [0.3, 0.4) is 0 Å². The van der Waals surface area contributed by atoms with Crippen molar-refractivity contribution in [3.05, 3.63) is 59.4 Å². The third-order valence-electron chi connectivity index (χ3n) is 5.90. The molecule has 204 valence electrons. The maximum Gasteiger partial charge on any atom is 0.434 e. The predicted molar refractivity (Wildman–Crippen MR) is 126 cm³/mol. The van der Waals surface area contributed by atoms with E-state index in [-0.39, 0.29) is 34.5 Å². The molecule has 0 radical (unpaired) electrons. The summed E-state index contributed by atoms with van der Waals surface area (Å²) in [6, 6.07) is 3.08. The monoisotopic (exact) mass is 562 g/mol. The first-order chi connectivity index (χ1) is 18.9. The molecule has 0 unspecified atom stereocenters. The number of carbonyl (C=O) groups is 2. The SMILES string of the molecule is O=C(Nc1cnc(N2N=CCN2)c(C(F)(F)F)c1)c1cnn(-c2ccc3c4c(ncnc24)C(=O)N3)c1C(F)(F)F. The van der Waals surface area contributed by atoms with Gasteiger partial charge in [0.15, 0.2) is 11.5 Å². The number of hydrogen-bond acceptors (Lipinski definition) is 9. The van der Waals surface area contributed by atoms with Crippen LogP contribution in [0.5, 0.6) is 0 Å². The number of aromatic nitrogens is 5. The minimum absolute atomic E-state index is 0.0470. The number of hydrazine groups is 1. The summed E-state index contributed by atoms with van der Waals surface area (Å²) in [7, 11) is 0. The molecule has 5 heterocycles. The van der Waals surface area contributed by atoms with Crippen molar-refractivity contribution in [3.8, 4) is 5.69 Å². The Bertz CT molecular complexity index is 1750. The van der Waals surface area contributed by atoms with Crippen LogP contribution in [0.4, 0.5) is 43.5 Å². The molecular formula is C22H12F6N10O2. The zero-order valence-electron chi connectivity index (χ0n) is 19.5. The highest BCUT2D eigenvalue weighted by Gasteiger charge is 2.42. The van der Waals surface area contributed by atoms with Crippen LogP contribution in [-0.2, 0) is 12.4 Å². The van der Waals surface area contributed by atoms with E-state index in [9.17, 15) is 35.9 Å². The molecule has 0 aliphatic carbocycles. The number of carbonyl (C=O) groups excluding carboxylic acids is 2. The van der Waals surface area contributed by atoms with Crippen molar-refractivity contribution >= 4 is 46.1 Å². The predicted octanol–water partition coefficient (Wildman–Crippen LogP) is 3.38. The summed E-state index contributed by atoms with van der Waals surface area (Å²) >= 11 is 0. The van der Waals surface area contributed by atoms with Crippen LogP contribution >= 0.6 is 0 Å².